The molecule has 98 valence electrons. The van der Waals surface area contributed by atoms with Crippen LogP contribution in [0.5, 0.6) is 0 Å². The molecular formula is C11H15N3O4. The average Bonchev–Trinajstić information content (AvgIpc) is 2.35. The molecule has 1 unspecified atom stereocenters. The molecule has 1 amide bonds. The summed E-state index contributed by atoms with van der Waals surface area (Å²) in [6.07, 6.45) is 0. The quantitative estimate of drug-likeness (QED) is 0.510. The van der Waals surface area contributed by atoms with Crippen molar-refractivity contribution in [3.63, 3.8) is 0 Å². The molecule has 0 aliphatic carbocycles. The van der Waals surface area contributed by atoms with E-state index in [-0.39, 0.29) is 23.8 Å². The number of anilines is 1. The standard InChI is InChI=1S/C11H15N3O4/c1-7(6-15)5-13-9-3-2-8(11(12)16)4-10(9)14(17)18/h2-4,7,13,15H,5-6H2,1H3,(H2,12,16). The number of carbonyl (C=O) groups is 1. The average molecular weight is 253 g/mol. The van der Waals surface area contributed by atoms with E-state index in [4.69, 9.17) is 10.8 Å². The third-order valence-corrected chi connectivity index (χ3v) is 2.43. The molecule has 7 nitrogen and oxygen atoms in total. The molecule has 0 radical (unpaired) electrons. The first-order chi connectivity index (χ1) is 8.45. The van der Waals surface area contributed by atoms with Gasteiger partial charge < -0.3 is 16.2 Å². The van der Waals surface area contributed by atoms with Crippen LogP contribution in [0.2, 0.25) is 0 Å². The molecule has 0 bridgehead atoms. The van der Waals surface area contributed by atoms with Crippen molar-refractivity contribution in [2.75, 3.05) is 18.5 Å². The Labute approximate surface area is 104 Å². The Morgan fingerprint density at radius 2 is 2.28 bits per heavy atom. The molecule has 0 saturated heterocycles. The highest BCUT2D eigenvalue weighted by Crippen LogP contribution is 2.25. The van der Waals surface area contributed by atoms with Crippen LogP contribution in [0.25, 0.3) is 0 Å². The fraction of sp³-hybridized carbons (Fsp3) is 0.364. The predicted octanol–water partition coefficient (Wildman–Crippen LogP) is 0.734. The highest BCUT2D eigenvalue weighted by molar-refractivity contribution is 5.94. The van der Waals surface area contributed by atoms with Crippen LogP contribution in [-0.4, -0.2) is 29.1 Å². The van der Waals surface area contributed by atoms with Crippen LogP contribution in [-0.2, 0) is 0 Å². The van der Waals surface area contributed by atoms with Gasteiger partial charge in [-0.25, -0.2) is 0 Å². The Kier molecular flexibility index (Phi) is 4.61. The number of nitro groups is 1. The lowest BCUT2D eigenvalue weighted by Gasteiger charge is -2.11. The number of aliphatic hydroxyl groups excluding tert-OH is 1. The Morgan fingerprint density at radius 1 is 1.61 bits per heavy atom. The monoisotopic (exact) mass is 253 g/mol. The number of carbonyl (C=O) groups excluding carboxylic acids is 1. The van der Waals surface area contributed by atoms with Crippen molar-refractivity contribution in [1.29, 1.82) is 0 Å². The van der Waals surface area contributed by atoms with Crippen molar-refractivity contribution in [2.24, 2.45) is 11.7 Å². The SMILES string of the molecule is CC(CO)CNc1ccc(C(N)=O)cc1[N+](=O)[O-]. The maximum absolute atomic E-state index is 10.9. The van der Waals surface area contributed by atoms with Crippen LogP contribution in [0, 0.1) is 16.0 Å². The molecular weight excluding hydrogens is 238 g/mol. The first kappa shape index (κ1) is 13.9. The summed E-state index contributed by atoms with van der Waals surface area (Å²) in [5.74, 6) is -0.742. The molecule has 18 heavy (non-hydrogen) atoms. The Morgan fingerprint density at radius 3 is 2.78 bits per heavy atom. The van der Waals surface area contributed by atoms with E-state index in [0.29, 0.717) is 12.2 Å². The number of nitrogens with two attached hydrogens (primary N) is 1. The Balaban J connectivity index is 2.97. The van der Waals surface area contributed by atoms with E-state index >= 15 is 0 Å². The lowest BCUT2D eigenvalue weighted by atomic mass is 10.1. The Bertz CT molecular complexity index is 462. The third kappa shape index (κ3) is 3.42. The van der Waals surface area contributed by atoms with Gasteiger partial charge in [0.15, 0.2) is 0 Å². The normalized spacial score (nSPS) is 11.9. The second-order valence-electron chi connectivity index (χ2n) is 4.02. The molecule has 0 aromatic heterocycles. The smallest absolute Gasteiger partial charge is 0.293 e. The zero-order chi connectivity index (χ0) is 13.7. The summed E-state index contributed by atoms with van der Waals surface area (Å²) in [6, 6.07) is 3.98. The van der Waals surface area contributed by atoms with Crippen LogP contribution in [0.3, 0.4) is 0 Å². The second kappa shape index (κ2) is 5.97. The molecule has 0 heterocycles. The molecule has 1 rings (SSSR count). The number of aliphatic hydroxyl groups is 1. The van der Waals surface area contributed by atoms with Gasteiger partial charge in [-0.05, 0) is 18.1 Å². The van der Waals surface area contributed by atoms with Crippen LogP contribution < -0.4 is 11.1 Å². The molecule has 0 aliphatic heterocycles. The minimum Gasteiger partial charge on any atom is -0.396 e. The summed E-state index contributed by atoms with van der Waals surface area (Å²) in [7, 11) is 0. The van der Waals surface area contributed by atoms with E-state index < -0.39 is 10.8 Å². The van der Waals surface area contributed by atoms with Crippen LogP contribution in [0.15, 0.2) is 18.2 Å². The molecule has 1 aromatic carbocycles. The van der Waals surface area contributed by atoms with Gasteiger partial charge in [0.05, 0.1) is 4.92 Å². The van der Waals surface area contributed by atoms with Crippen LogP contribution in [0.1, 0.15) is 17.3 Å². The van der Waals surface area contributed by atoms with E-state index in [0.717, 1.165) is 6.07 Å². The highest BCUT2D eigenvalue weighted by atomic mass is 16.6. The number of benzene rings is 1. The van der Waals surface area contributed by atoms with Gasteiger partial charge in [0.2, 0.25) is 5.91 Å². The zero-order valence-corrected chi connectivity index (χ0v) is 9.92. The summed E-state index contributed by atoms with van der Waals surface area (Å²) < 4.78 is 0. The number of nitrogens with one attached hydrogen (secondary N) is 1. The molecule has 7 heteroatoms. The predicted molar refractivity (Wildman–Crippen MR) is 66.4 cm³/mol. The van der Waals surface area contributed by atoms with Crippen molar-refractivity contribution >= 4 is 17.3 Å². The molecule has 0 saturated carbocycles. The fourth-order valence-corrected chi connectivity index (χ4v) is 1.33. The number of nitrogens with zero attached hydrogens (tertiary/aromatic N) is 1. The number of rotatable bonds is 6. The van der Waals surface area contributed by atoms with E-state index in [9.17, 15) is 14.9 Å². The van der Waals surface area contributed by atoms with Crippen molar-refractivity contribution in [3.8, 4) is 0 Å². The maximum Gasteiger partial charge on any atom is 0.293 e. The fourth-order valence-electron chi connectivity index (χ4n) is 1.33. The largest absolute Gasteiger partial charge is 0.396 e. The van der Waals surface area contributed by atoms with E-state index in [2.05, 4.69) is 5.32 Å². The van der Waals surface area contributed by atoms with Gasteiger partial charge in [-0.1, -0.05) is 6.92 Å². The van der Waals surface area contributed by atoms with Crippen LogP contribution >= 0.6 is 0 Å². The maximum atomic E-state index is 10.9. The topological polar surface area (TPSA) is 118 Å². The third-order valence-electron chi connectivity index (χ3n) is 2.43. The molecule has 1 atom stereocenters. The number of hydrogen-bond donors (Lipinski definition) is 3. The number of hydrogen-bond acceptors (Lipinski definition) is 5. The van der Waals surface area contributed by atoms with Gasteiger partial charge in [0, 0.05) is 24.8 Å². The minimum absolute atomic E-state index is 0.0137. The summed E-state index contributed by atoms with van der Waals surface area (Å²) >= 11 is 0. The second-order valence-corrected chi connectivity index (χ2v) is 4.02. The van der Waals surface area contributed by atoms with Gasteiger partial charge in [0.1, 0.15) is 5.69 Å². The molecule has 4 N–H and O–H groups in total. The van der Waals surface area contributed by atoms with E-state index in [1.54, 1.807) is 6.92 Å². The summed E-state index contributed by atoms with van der Waals surface area (Å²) in [5, 5.41) is 22.6. The zero-order valence-electron chi connectivity index (χ0n) is 9.92. The molecule has 1 aromatic rings. The summed E-state index contributed by atoms with van der Waals surface area (Å²) in [6.45, 7) is 2.18. The lowest BCUT2D eigenvalue weighted by Crippen LogP contribution is -2.16. The first-order valence-electron chi connectivity index (χ1n) is 5.38. The number of nitro benzene ring substituents is 1. The number of amides is 1. The van der Waals surface area contributed by atoms with Gasteiger partial charge in [-0.15, -0.1) is 0 Å². The van der Waals surface area contributed by atoms with Crippen molar-refractivity contribution in [1.82, 2.24) is 0 Å². The summed E-state index contributed by atoms with van der Waals surface area (Å²) in [4.78, 5) is 21.2. The Hall–Kier alpha value is -2.15. The lowest BCUT2D eigenvalue weighted by molar-refractivity contribution is -0.384. The van der Waals surface area contributed by atoms with Gasteiger partial charge in [-0.3, -0.25) is 14.9 Å². The summed E-state index contributed by atoms with van der Waals surface area (Å²) in [5.41, 5.74) is 5.23. The van der Waals surface area contributed by atoms with E-state index in [1.807, 2.05) is 0 Å². The van der Waals surface area contributed by atoms with Gasteiger partial charge >= 0.3 is 0 Å². The van der Waals surface area contributed by atoms with Crippen molar-refractivity contribution in [2.45, 2.75) is 6.92 Å². The molecule has 0 aliphatic rings. The van der Waals surface area contributed by atoms with Gasteiger partial charge in [0.25, 0.3) is 5.69 Å². The van der Waals surface area contributed by atoms with Crippen molar-refractivity contribution in [3.05, 3.63) is 33.9 Å². The molecule has 0 fully saturated rings. The first-order valence-corrected chi connectivity index (χ1v) is 5.38. The molecule has 0 spiro atoms. The van der Waals surface area contributed by atoms with Gasteiger partial charge in [-0.2, -0.15) is 0 Å². The minimum atomic E-state index is -0.714. The van der Waals surface area contributed by atoms with E-state index in [1.165, 1.54) is 12.1 Å². The highest BCUT2D eigenvalue weighted by Gasteiger charge is 2.16. The van der Waals surface area contributed by atoms with Crippen LogP contribution in [0.4, 0.5) is 11.4 Å². The van der Waals surface area contributed by atoms with Crippen molar-refractivity contribution < 1.29 is 14.8 Å². The number of primary amides is 1.